The molecule has 3 fully saturated rings. The van der Waals surface area contributed by atoms with Crippen molar-refractivity contribution < 1.29 is 9.21 Å². The zero-order valence-corrected chi connectivity index (χ0v) is 18.1. The summed E-state index contributed by atoms with van der Waals surface area (Å²) in [4.78, 5) is 20.1. The Morgan fingerprint density at radius 2 is 1.83 bits per heavy atom. The molecule has 3 aliphatic rings. The molecule has 1 aromatic carbocycles. The van der Waals surface area contributed by atoms with Gasteiger partial charge in [0, 0.05) is 37.7 Å². The highest BCUT2D eigenvalue weighted by Gasteiger charge is 2.59. The maximum atomic E-state index is 13.1. The first-order valence-corrected chi connectivity index (χ1v) is 11.5. The summed E-state index contributed by atoms with van der Waals surface area (Å²) in [6.45, 7) is 7.16. The predicted octanol–water partition coefficient (Wildman–Crippen LogP) is 3.71. The maximum Gasteiger partial charge on any atom is 0.226 e. The quantitative estimate of drug-likeness (QED) is 0.775. The van der Waals surface area contributed by atoms with Gasteiger partial charge in [0.15, 0.2) is 0 Å². The summed E-state index contributed by atoms with van der Waals surface area (Å²) in [5.74, 6) is 1.64. The molecule has 1 saturated carbocycles. The van der Waals surface area contributed by atoms with E-state index < -0.39 is 0 Å². The number of furan rings is 1. The van der Waals surface area contributed by atoms with Crippen LogP contribution in [0.3, 0.4) is 0 Å². The molecule has 0 radical (unpaired) electrons. The molecular formula is C25H33N3O2. The van der Waals surface area contributed by atoms with Gasteiger partial charge in [-0.15, -0.1) is 0 Å². The molecule has 1 unspecified atom stereocenters. The van der Waals surface area contributed by atoms with Crippen molar-refractivity contribution in [2.45, 2.75) is 32.2 Å². The standard InChI is InChI=1S/C25H33N3O2/c1-26-11-3-12-28(16-15-26)24(29)22-18-25(22)9-13-27(14-10-25)19-20-5-7-21(8-6-20)23-4-2-17-30-23/h2,4-8,17,22H,3,9-16,18-19H2,1H3. The van der Waals surface area contributed by atoms with Crippen molar-refractivity contribution >= 4 is 5.91 Å². The fraction of sp³-hybridized carbons (Fsp3) is 0.560. The first-order valence-electron chi connectivity index (χ1n) is 11.5. The van der Waals surface area contributed by atoms with Crippen LogP contribution < -0.4 is 0 Å². The highest BCUT2D eigenvalue weighted by molar-refractivity contribution is 5.82. The lowest BCUT2D eigenvalue weighted by atomic mass is 9.90. The van der Waals surface area contributed by atoms with Crippen LogP contribution in [-0.2, 0) is 11.3 Å². The summed E-state index contributed by atoms with van der Waals surface area (Å²) < 4.78 is 5.48. The van der Waals surface area contributed by atoms with Crippen molar-refractivity contribution in [1.29, 1.82) is 0 Å². The van der Waals surface area contributed by atoms with E-state index in [9.17, 15) is 4.79 Å². The lowest BCUT2D eigenvalue weighted by Crippen LogP contribution is -2.39. The van der Waals surface area contributed by atoms with Crippen LogP contribution in [0.1, 0.15) is 31.2 Å². The molecule has 2 aromatic rings. The topological polar surface area (TPSA) is 39.9 Å². The minimum absolute atomic E-state index is 0.288. The molecule has 0 N–H and O–H groups in total. The van der Waals surface area contributed by atoms with E-state index in [-0.39, 0.29) is 5.92 Å². The van der Waals surface area contributed by atoms with Crippen molar-refractivity contribution in [1.82, 2.24) is 14.7 Å². The number of benzene rings is 1. The van der Waals surface area contributed by atoms with Crippen molar-refractivity contribution in [3.63, 3.8) is 0 Å². The molecule has 1 atom stereocenters. The Labute approximate surface area is 179 Å². The number of likely N-dealkylation sites (N-methyl/N-ethyl adjacent to an activating group) is 1. The number of amides is 1. The molecule has 160 valence electrons. The molecule has 30 heavy (non-hydrogen) atoms. The number of nitrogens with zero attached hydrogens (tertiary/aromatic N) is 3. The number of likely N-dealkylation sites (tertiary alicyclic amines) is 1. The molecule has 1 spiro atoms. The summed E-state index contributed by atoms with van der Waals surface area (Å²) in [5.41, 5.74) is 2.77. The molecule has 5 rings (SSSR count). The highest BCUT2D eigenvalue weighted by Crippen LogP contribution is 2.60. The first-order chi connectivity index (χ1) is 14.6. The van der Waals surface area contributed by atoms with E-state index in [0.29, 0.717) is 11.3 Å². The molecule has 5 heteroatoms. The van der Waals surface area contributed by atoms with Crippen LogP contribution in [0.25, 0.3) is 11.3 Å². The van der Waals surface area contributed by atoms with Gasteiger partial charge in [0.2, 0.25) is 5.91 Å². The summed E-state index contributed by atoms with van der Waals surface area (Å²) in [5, 5.41) is 0. The number of piperidine rings is 1. The zero-order valence-electron chi connectivity index (χ0n) is 18.1. The van der Waals surface area contributed by atoms with Crippen molar-refractivity contribution in [3.05, 3.63) is 48.2 Å². The molecular weight excluding hydrogens is 374 g/mol. The van der Waals surface area contributed by atoms with Crippen molar-refractivity contribution in [2.75, 3.05) is 46.3 Å². The lowest BCUT2D eigenvalue weighted by Gasteiger charge is -2.33. The van der Waals surface area contributed by atoms with E-state index in [0.717, 1.165) is 70.0 Å². The van der Waals surface area contributed by atoms with Gasteiger partial charge in [0.05, 0.1) is 6.26 Å². The number of rotatable bonds is 4. The molecule has 1 amide bonds. The molecule has 1 aliphatic carbocycles. The number of hydrogen-bond donors (Lipinski definition) is 0. The predicted molar refractivity (Wildman–Crippen MR) is 118 cm³/mol. The fourth-order valence-corrected chi connectivity index (χ4v) is 5.37. The van der Waals surface area contributed by atoms with E-state index in [4.69, 9.17) is 4.42 Å². The summed E-state index contributed by atoms with van der Waals surface area (Å²) in [6, 6.07) is 12.6. The van der Waals surface area contributed by atoms with E-state index in [1.165, 1.54) is 18.4 Å². The van der Waals surface area contributed by atoms with Gasteiger partial charge in [-0.05, 0) is 75.5 Å². The van der Waals surface area contributed by atoms with E-state index in [2.05, 4.69) is 46.0 Å². The summed E-state index contributed by atoms with van der Waals surface area (Å²) in [7, 11) is 2.16. The van der Waals surface area contributed by atoms with Crippen LogP contribution in [0.5, 0.6) is 0 Å². The van der Waals surface area contributed by atoms with E-state index >= 15 is 0 Å². The first kappa shape index (κ1) is 19.8. The van der Waals surface area contributed by atoms with Crippen molar-refractivity contribution in [2.24, 2.45) is 11.3 Å². The smallest absolute Gasteiger partial charge is 0.226 e. The Balaban J connectivity index is 1.12. The third kappa shape index (κ3) is 4.06. The Morgan fingerprint density at radius 1 is 1.03 bits per heavy atom. The van der Waals surface area contributed by atoms with Crippen LogP contribution in [0.4, 0.5) is 0 Å². The Kier molecular flexibility index (Phi) is 5.42. The zero-order chi connectivity index (χ0) is 20.6. The van der Waals surface area contributed by atoms with Crippen LogP contribution in [0.2, 0.25) is 0 Å². The van der Waals surface area contributed by atoms with Gasteiger partial charge in [-0.3, -0.25) is 9.69 Å². The van der Waals surface area contributed by atoms with E-state index in [1.54, 1.807) is 6.26 Å². The Bertz CT molecular complexity index is 853. The Hall–Kier alpha value is -2.11. The molecule has 1 aromatic heterocycles. The minimum Gasteiger partial charge on any atom is -0.464 e. The summed E-state index contributed by atoms with van der Waals surface area (Å²) >= 11 is 0. The highest BCUT2D eigenvalue weighted by atomic mass is 16.3. The van der Waals surface area contributed by atoms with Gasteiger partial charge < -0.3 is 14.2 Å². The largest absolute Gasteiger partial charge is 0.464 e. The second-order valence-corrected chi connectivity index (χ2v) is 9.55. The normalized spacial score (nSPS) is 24.7. The van der Waals surface area contributed by atoms with Gasteiger partial charge in [0.25, 0.3) is 0 Å². The summed E-state index contributed by atoms with van der Waals surface area (Å²) in [6.07, 6.45) is 6.27. The average molecular weight is 408 g/mol. The van der Waals surface area contributed by atoms with E-state index in [1.807, 2.05) is 12.1 Å². The van der Waals surface area contributed by atoms with Gasteiger partial charge >= 0.3 is 0 Å². The molecule has 5 nitrogen and oxygen atoms in total. The second kappa shape index (κ2) is 8.20. The molecule has 0 bridgehead atoms. The van der Waals surface area contributed by atoms with Gasteiger partial charge in [-0.2, -0.15) is 0 Å². The second-order valence-electron chi connectivity index (χ2n) is 9.55. The van der Waals surface area contributed by atoms with Crippen LogP contribution in [0, 0.1) is 11.3 Å². The minimum atomic E-state index is 0.288. The van der Waals surface area contributed by atoms with Crippen molar-refractivity contribution in [3.8, 4) is 11.3 Å². The fourth-order valence-electron chi connectivity index (χ4n) is 5.37. The third-order valence-corrected chi connectivity index (χ3v) is 7.54. The number of carbonyl (C=O) groups is 1. The van der Waals surface area contributed by atoms with Gasteiger partial charge in [-0.25, -0.2) is 0 Å². The monoisotopic (exact) mass is 407 g/mol. The lowest BCUT2D eigenvalue weighted by molar-refractivity contribution is -0.133. The van der Waals surface area contributed by atoms with Gasteiger partial charge in [-0.1, -0.05) is 24.3 Å². The molecule has 2 aliphatic heterocycles. The molecule has 2 saturated heterocycles. The average Bonchev–Trinajstić information content (AvgIpc) is 3.27. The maximum absolute atomic E-state index is 13.1. The third-order valence-electron chi connectivity index (χ3n) is 7.54. The number of hydrogen-bond acceptors (Lipinski definition) is 4. The SMILES string of the molecule is CN1CCCN(C(=O)C2CC23CCN(Cc2ccc(-c4ccco4)cc2)CC3)CC1. The molecule has 3 heterocycles. The number of carbonyl (C=O) groups excluding carboxylic acids is 1. The van der Waals surface area contributed by atoms with Crippen LogP contribution in [-0.4, -0.2) is 66.9 Å². The van der Waals surface area contributed by atoms with Crippen LogP contribution in [0.15, 0.2) is 47.1 Å². The van der Waals surface area contributed by atoms with Gasteiger partial charge in [0.1, 0.15) is 5.76 Å². The Morgan fingerprint density at radius 3 is 2.57 bits per heavy atom. The van der Waals surface area contributed by atoms with Crippen LogP contribution >= 0.6 is 0 Å².